The van der Waals surface area contributed by atoms with Gasteiger partial charge in [0.05, 0.1) is 22.7 Å². The minimum absolute atomic E-state index is 0.0272. The molecule has 1 aliphatic rings. The first-order chi connectivity index (χ1) is 11.1. The van der Waals surface area contributed by atoms with Crippen molar-refractivity contribution in [3.05, 3.63) is 69.8 Å². The Morgan fingerprint density at radius 1 is 1.09 bits per heavy atom. The second kappa shape index (κ2) is 6.60. The zero-order valence-electron chi connectivity index (χ0n) is 12.6. The molecule has 1 fully saturated rings. The van der Waals surface area contributed by atoms with Gasteiger partial charge in [0, 0.05) is 11.6 Å². The molecule has 0 radical (unpaired) electrons. The van der Waals surface area contributed by atoms with Crippen LogP contribution < -0.4 is 4.74 Å². The summed E-state index contributed by atoms with van der Waals surface area (Å²) in [5.41, 5.74) is 0.842. The monoisotopic (exact) mass is 311 g/mol. The van der Waals surface area contributed by atoms with Gasteiger partial charge in [0.1, 0.15) is 5.75 Å². The number of non-ortho nitro benzene ring substituents is 1. The first-order valence-electron chi connectivity index (χ1n) is 7.70. The van der Waals surface area contributed by atoms with Crippen LogP contribution in [0.2, 0.25) is 0 Å². The second-order valence-electron chi connectivity index (χ2n) is 5.66. The lowest BCUT2D eigenvalue weighted by atomic mass is 10.0. The molecule has 23 heavy (non-hydrogen) atoms. The number of rotatable bonds is 5. The Kier molecular flexibility index (Phi) is 4.37. The summed E-state index contributed by atoms with van der Waals surface area (Å²) in [5, 5.41) is 11.0. The topological polar surface area (TPSA) is 69.4 Å². The molecule has 2 aromatic rings. The van der Waals surface area contributed by atoms with E-state index in [1.165, 1.54) is 18.2 Å². The Balaban J connectivity index is 1.97. The van der Waals surface area contributed by atoms with Crippen molar-refractivity contribution in [2.45, 2.75) is 31.8 Å². The summed E-state index contributed by atoms with van der Waals surface area (Å²) in [4.78, 5) is 23.2. The van der Waals surface area contributed by atoms with Gasteiger partial charge in [-0.15, -0.1) is 0 Å². The maximum absolute atomic E-state index is 12.7. The van der Waals surface area contributed by atoms with E-state index >= 15 is 0 Å². The number of hydrogen-bond donors (Lipinski definition) is 0. The van der Waals surface area contributed by atoms with Gasteiger partial charge in [0.2, 0.25) is 0 Å². The van der Waals surface area contributed by atoms with E-state index in [1.807, 2.05) is 6.07 Å². The summed E-state index contributed by atoms with van der Waals surface area (Å²) < 4.78 is 5.91. The molecule has 5 nitrogen and oxygen atoms in total. The van der Waals surface area contributed by atoms with Gasteiger partial charge < -0.3 is 4.74 Å². The van der Waals surface area contributed by atoms with Crippen molar-refractivity contribution < 1.29 is 14.5 Å². The first kappa shape index (κ1) is 15.2. The molecule has 118 valence electrons. The molecule has 1 aliphatic carbocycles. The van der Waals surface area contributed by atoms with Crippen molar-refractivity contribution in [2.75, 3.05) is 0 Å². The second-order valence-corrected chi connectivity index (χ2v) is 5.66. The first-order valence-corrected chi connectivity index (χ1v) is 7.70. The summed E-state index contributed by atoms with van der Waals surface area (Å²) in [7, 11) is 0. The zero-order chi connectivity index (χ0) is 16.2. The maximum Gasteiger partial charge on any atom is 0.273 e. The van der Waals surface area contributed by atoms with Gasteiger partial charge >= 0.3 is 0 Å². The summed E-state index contributed by atoms with van der Waals surface area (Å²) >= 11 is 0. The molecule has 0 atom stereocenters. The number of carbonyl (C=O) groups is 1. The van der Waals surface area contributed by atoms with Crippen LogP contribution in [0.15, 0.2) is 48.5 Å². The SMILES string of the molecule is O=C(c1ccccc1)c1ccc([N+](=O)[O-])cc1OC1CCCC1. The van der Waals surface area contributed by atoms with E-state index < -0.39 is 4.92 Å². The van der Waals surface area contributed by atoms with Crippen molar-refractivity contribution in [3.8, 4) is 5.75 Å². The minimum atomic E-state index is -0.474. The van der Waals surface area contributed by atoms with Crippen molar-refractivity contribution in [1.82, 2.24) is 0 Å². The smallest absolute Gasteiger partial charge is 0.273 e. The van der Waals surface area contributed by atoms with Crippen LogP contribution in [0, 0.1) is 10.1 Å². The van der Waals surface area contributed by atoms with E-state index in [-0.39, 0.29) is 17.6 Å². The fourth-order valence-corrected chi connectivity index (χ4v) is 2.84. The number of ether oxygens (including phenoxy) is 1. The van der Waals surface area contributed by atoms with Crippen LogP contribution in [0.5, 0.6) is 5.75 Å². The van der Waals surface area contributed by atoms with Gasteiger partial charge in [-0.2, -0.15) is 0 Å². The summed E-state index contributed by atoms with van der Waals surface area (Å²) in [5.74, 6) is 0.119. The lowest BCUT2D eigenvalue weighted by Gasteiger charge is -2.16. The van der Waals surface area contributed by atoms with Gasteiger partial charge in [-0.25, -0.2) is 0 Å². The molecule has 0 amide bonds. The molecule has 0 bridgehead atoms. The molecule has 0 spiro atoms. The normalized spacial score (nSPS) is 14.6. The summed E-state index contributed by atoms with van der Waals surface area (Å²) in [6.45, 7) is 0. The molecule has 0 aromatic heterocycles. The van der Waals surface area contributed by atoms with Crippen LogP contribution in [-0.2, 0) is 0 Å². The summed E-state index contributed by atoms with van der Waals surface area (Å²) in [6, 6.07) is 13.0. The van der Waals surface area contributed by atoms with Crippen LogP contribution in [0.1, 0.15) is 41.6 Å². The lowest BCUT2D eigenvalue weighted by Crippen LogP contribution is -2.14. The maximum atomic E-state index is 12.7. The predicted molar refractivity (Wildman–Crippen MR) is 85.9 cm³/mol. The highest BCUT2D eigenvalue weighted by Crippen LogP contribution is 2.31. The lowest BCUT2D eigenvalue weighted by molar-refractivity contribution is -0.385. The van der Waals surface area contributed by atoms with Crippen molar-refractivity contribution in [3.63, 3.8) is 0 Å². The Labute approximate surface area is 134 Å². The van der Waals surface area contributed by atoms with E-state index in [0.717, 1.165) is 25.7 Å². The highest BCUT2D eigenvalue weighted by atomic mass is 16.6. The van der Waals surface area contributed by atoms with E-state index in [9.17, 15) is 14.9 Å². The Hall–Kier alpha value is -2.69. The highest BCUT2D eigenvalue weighted by molar-refractivity contribution is 6.10. The average molecular weight is 311 g/mol. The molecule has 5 heteroatoms. The molecule has 1 saturated carbocycles. The van der Waals surface area contributed by atoms with Gasteiger partial charge in [0.15, 0.2) is 5.78 Å². The van der Waals surface area contributed by atoms with E-state index in [2.05, 4.69) is 0 Å². The van der Waals surface area contributed by atoms with Crippen LogP contribution >= 0.6 is 0 Å². The number of benzene rings is 2. The molecule has 0 saturated heterocycles. The van der Waals surface area contributed by atoms with Crippen LogP contribution in [0.4, 0.5) is 5.69 Å². The van der Waals surface area contributed by atoms with Gasteiger partial charge in [-0.3, -0.25) is 14.9 Å². The van der Waals surface area contributed by atoms with Crippen LogP contribution in [0.3, 0.4) is 0 Å². The molecule has 0 N–H and O–H groups in total. The Morgan fingerprint density at radius 2 is 1.78 bits per heavy atom. The number of ketones is 1. The molecular formula is C18H17NO4. The highest BCUT2D eigenvalue weighted by Gasteiger charge is 2.23. The summed E-state index contributed by atoms with van der Waals surface area (Å²) in [6.07, 6.45) is 4.03. The number of nitro benzene ring substituents is 1. The van der Waals surface area contributed by atoms with E-state index in [0.29, 0.717) is 16.9 Å². The van der Waals surface area contributed by atoms with Gasteiger partial charge in [-0.1, -0.05) is 30.3 Å². The van der Waals surface area contributed by atoms with Crippen molar-refractivity contribution in [1.29, 1.82) is 0 Å². The van der Waals surface area contributed by atoms with Gasteiger partial charge in [-0.05, 0) is 31.7 Å². The number of nitrogens with zero attached hydrogens (tertiary/aromatic N) is 1. The molecule has 0 heterocycles. The Bertz CT molecular complexity index is 721. The molecular weight excluding hydrogens is 294 g/mol. The largest absolute Gasteiger partial charge is 0.489 e. The molecule has 0 unspecified atom stereocenters. The molecule has 3 rings (SSSR count). The third kappa shape index (κ3) is 3.39. The fourth-order valence-electron chi connectivity index (χ4n) is 2.84. The number of carbonyl (C=O) groups excluding carboxylic acids is 1. The average Bonchev–Trinajstić information content (AvgIpc) is 3.08. The zero-order valence-corrected chi connectivity index (χ0v) is 12.6. The fraction of sp³-hybridized carbons (Fsp3) is 0.278. The molecule has 0 aliphatic heterocycles. The minimum Gasteiger partial charge on any atom is -0.489 e. The third-order valence-corrected chi connectivity index (χ3v) is 4.05. The van der Waals surface area contributed by atoms with Crippen LogP contribution in [0.25, 0.3) is 0 Å². The van der Waals surface area contributed by atoms with Crippen LogP contribution in [-0.4, -0.2) is 16.8 Å². The van der Waals surface area contributed by atoms with Gasteiger partial charge in [0.25, 0.3) is 5.69 Å². The third-order valence-electron chi connectivity index (χ3n) is 4.05. The standard InChI is InChI=1S/C18H17NO4/c20-18(13-6-2-1-3-7-13)16-11-10-14(19(21)22)12-17(16)23-15-8-4-5-9-15/h1-3,6-7,10-12,15H,4-5,8-9H2. The number of nitro groups is 1. The number of hydrogen-bond acceptors (Lipinski definition) is 4. The van der Waals surface area contributed by atoms with E-state index in [4.69, 9.17) is 4.74 Å². The van der Waals surface area contributed by atoms with E-state index in [1.54, 1.807) is 24.3 Å². The molecule has 2 aromatic carbocycles. The van der Waals surface area contributed by atoms with Crippen molar-refractivity contribution >= 4 is 11.5 Å². The Morgan fingerprint density at radius 3 is 2.43 bits per heavy atom. The predicted octanol–water partition coefficient (Wildman–Crippen LogP) is 4.15. The quantitative estimate of drug-likeness (QED) is 0.472. The van der Waals surface area contributed by atoms with Crippen molar-refractivity contribution in [2.24, 2.45) is 0 Å².